The van der Waals surface area contributed by atoms with Crippen LogP contribution in [0.1, 0.15) is 32.6 Å². The number of hydrogen-bond donors (Lipinski definition) is 1. The Morgan fingerprint density at radius 1 is 1.55 bits per heavy atom. The summed E-state index contributed by atoms with van der Waals surface area (Å²) in [6.45, 7) is 2.30. The molecule has 20 heavy (non-hydrogen) atoms. The van der Waals surface area contributed by atoms with Gasteiger partial charge in [-0.05, 0) is 38.5 Å². The van der Waals surface area contributed by atoms with Gasteiger partial charge in [0.25, 0.3) is 0 Å². The molecule has 0 radical (unpaired) electrons. The molecule has 5 nitrogen and oxygen atoms in total. The Morgan fingerprint density at radius 3 is 2.90 bits per heavy atom. The SMILES string of the molecule is CCOC(=O)C(CSc1nncs1)(NC1CC1)C1CC1. The van der Waals surface area contributed by atoms with E-state index in [1.165, 1.54) is 11.3 Å². The van der Waals surface area contributed by atoms with Gasteiger partial charge in [0.15, 0.2) is 4.34 Å². The molecule has 1 atom stereocenters. The van der Waals surface area contributed by atoms with Crippen LogP contribution in [0.25, 0.3) is 0 Å². The van der Waals surface area contributed by atoms with Gasteiger partial charge >= 0.3 is 5.97 Å². The normalized spacial score (nSPS) is 21.4. The first-order valence-corrected chi connectivity index (χ1v) is 8.95. The Hall–Kier alpha value is -0.660. The molecule has 0 saturated heterocycles. The van der Waals surface area contributed by atoms with E-state index in [2.05, 4.69) is 15.5 Å². The van der Waals surface area contributed by atoms with Crippen LogP contribution in [0.5, 0.6) is 0 Å². The van der Waals surface area contributed by atoms with E-state index in [9.17, 15) is 4.79 Å². The van der Waals surface area contributed by atoms with E-state index in [1.807, 2.05) is 6.92 Å². The van der Waals surface area contributed by atoms with Crippen molar-refractivity contribution in [3.8, 4) is 0 Å². The van der Waals surface area contributed by atoms with Gasteiger partial charge in [0.2, 0.25) is 0 Å². The van der Waals surface area contributed by atoms with Gasteiger partial charge in [-0.15, -0.1) is 10.2 Å². The molecule has 1 unspecified atom stereocenters. The van der Waals surface area contributed by atoms with Crippen molar-refractivity contribution < 1.29 is 9.53 Å². The summed E-state index contributed by atoms with van der Waals surface area (Å²) in [5.74, 6) is 0.997. The fourth-order valence-electron chi connectivity index (χ4n) is 2.39. The number of carbonyl (C=O) groups is 1. The van der Waals surface area contributed by atoms with Crippen LogP contribution in [-0.2, 0) is 9.53 Å². The third kappa shape index (κ3) is 3.15. The Morgan fingerprint density at radius 2 is 2.35 bits per heavy atom. The summed E-state index contributed by atoms with van der Waals surface area (Å²) in [7, 11) is 0. The standard InChI is InChI=1S/C13H19N3O2S2/c1-2-18-11(17)13(9-3-4-9,15-10-5-6-10)7-19-12-16-14-8-20-12/h8-10,15H,2-7H2,1H3. The van der Waals surface area contributed by atoms with Crippen LogP contribution in [0, 0.1) is 5.92 Å². The van der Waals surface area contributed by atoms with Crippen molar-refractivity contribution in [1.29, 1.82) is 0 Å². The number of esters is 1. The van der Waals surface area contributed by atoms with E-state index < -0.39 is 5.54 Å². The predicted octanol–water partition coefficient (Wildman–Crippen LogP) is 2.09. The smallest absolute Gasteiger partial charge is 0.327 e. The molecule has 1 aromatic rings. The average Bonchev–Trinajstić information content (AvgIpc) is 3.35. The van der Waals surface area contributed by atoms with Crippen LogP contribution in [-0.4, -0.2) is 40.1 Å². The Balaban J connectivity index is 1.74. The summed E-state index contributed by atoms with van der Waals surface area (Å²) < 4.78 is 6.27. The summed E-state index contributed by atoms with van der Waals surface area (Å²) in [4.78, 5) is 12.5. The lowest BCUT2D eigenvalue weighted by atomic mass is 9.95. The first-order valence-electron chi connectivity index (χ1n) is 7.08. The lowest BCUT2D eigenvalue weighted by Gasteiger charge is -2.32. The van der Waals surface area contributed by atoms with E-state index in [0.29, 0.717) is 24.3 Å². The largest absolute Gasteiger partial charge is 0.465 e. The lowest BCUT2D eigenvalue weighted by molar-refractivity contribution is -0.151. The Kier molecular flexibility index (Phi) is 4.28. The van der Waals surface area contributed by atoms with Crippen molar-refractivity contribution in [2.75, 3.05) is 12.4 Å². The molecule has 110 valence electrons. The van der Waals surface area contributed by atoms with Crippen molar-refractivity contribution >= 4 is 29.1 Å². The third-order valence-electron chi connectivity index (χ3n) is 3.72. The molecule has 2 aliphatic carbocycles. The second-order valence-electron chi connectivity index (χ2n) is 5.38. The highest BCUT2D eigenvalue weighted by Gasteiger charge is 2.54. The minimum absolute atomic E-state index is 0.0913. The summed E-state index contributed by atoms with van der Waals surface area (Å²) in [5.41, 5.74) is 1.19. The molecule has 1 aromatic heterocycles. The third-order valence-corrected chi connectivity index (χ3v) is 5.77. The fraction of sp³-hybridized carbons (Fsp3) is 0.769. The van der Waals surface area contributed by atoms with Crippen LogP contribution >= 0.6 is 23.1 Å². The molecule has 0 spiro atoms. The Bertz CT molecular complexity index is 460. The molecule has 2 fully saturated rings. The second kappa shape index (κ2) is 5.99. The van der Waals surface area contributed by atoms with Crippen molar-refractivity contribution in [1.82, 2.24) is 15.5 Å². The molecule has 0 bridgehead atoms. The molecule has 0 aliphatic heterocycles. The number of aromatic nitrogens is 2. The second-order valence-corrected chi connectivity index (χ2v) is 7.43. The van der Waals surface area contributed by atoms with E-state index in [0.717, 1.165) is 30.0 Å². The van der Waals surface area contributed by atoms with E-state index >= 15 is 0 Å². The van der Waals surface area contributed by atoms with Gasteiger partial charge < -0.3 is 4.74 Å². The predicted molar refractivity (Wildman–Crippen MR) is 78.9 cm³/mol. The maximum Gasteiger partial charge on any atom is 0.327 e. The van der Waals surface area contributed by atoms with Gasteiger partial charge in [0, 0.05) is 11.8 Å². The van der Waals surface area contributed by atoms with Gasteiger partial charge in [0.1, 0.15) is 11.0 Å². The lowest BCUT2D eigenvalue weighted by Crippen LogP contribution is -2.58. The van der Waals surface area contributed by atoms with E-state index in [-0.39, 0.29) is 5.97 Å². The molecule has 1 N–H and O–H groups in total. The number of hydrogen-bond acceptors (Lipinski definition) is 7. The first-order chi connectivity index (χ1) is 9.74. The summed E-state index contributed by atoms with van der Waals surface area (Å²) >= 11 is 3.12. The minimum Gasteiger partial charge on any atom is -0.465 e. The van der Waals surface area contributed by atoms with Gasteiger partial charge in [0.05, 0.1) is 6.61 Å². The van der Waals surface area contributed by atoms with Crippen molar-refractivity contribution in [2.45, 2.75) is 48.5 Å². The highest BCUT2D eigenvalue weighted by atomic mass is 32.2. The Labute approximate surface area is 126 Å². The zero-order valence-corrected chi connectivity index (χ0v) is 13.1. The van der Waals surface area contributed by atoms with Gasteiger partial charge in [-0.1, -0.05) is 23.1 Å². The molecular formula is C13H19N3O2S2. The number of rotatable bonds is 8. The van der Waals surface area contributed by atoms with Crippen LogP contribution in [0.15, 0.2) is 9.85 Å². The molecular weight excluding hydrogens is 294 g/mol. The molecule has 1 heterocycles. The minimum atomic E-state index is -0.534. The van der Waals surface area contributed by atoms with E-state index in [1.54, 1.807) is 17.3 Å². The monoisotopic (exact) mass is 313 g/mol. The zero-order valence-electron chi connectivity index (χ0n) is 11.5. The molecule has 2 aliphatic rings. The zero-order chi connectivity index (χ0) is 14.0. The maximum atomic E-state index is 12.5. The topological polar surface area (TPSA) is 64.1 Å². The van der Waals surface area contributed by atoms with Crippen molar-refractivity contribution in [2.24, 2.45) is 5.92 Å². The quantitative estimate of drug-likeness (QED) is 0.586. The molecule has 2 saturated carbocycles. The van der Waals surface area contributed by atoms with Crippen LogP contribution < -0.4 is 5.32 Å². The highest BCUT2D eigenvalue weighted by molar-refractivity contribution is 8.01. The van der Waals surface area contributed by atoms with Crippen LogP contribution in [0.2, 0.25) is 0 Å². The van der Waals surface area contributed by atoms with Gasteiger partial charge in [-0.25, -0.2) is 0 Å². The summed E-state index contributed by atoms with van der Waals surface area (Å²) in [6, 6.07) is 0.482. The van der Waals surface area contributed by atoms with Gasteiger partial charge in [-0.2, -0.15) is 0 Å². The number of nitrogens with zero attached hydrogens (tertiary/aromatic N) is 2. The van der Waals surface area contributed by atoms with Crippen LogP contribution in [0.3, 0.4) is 0 Å². The maximum absolute atomic E-state index is 12.5. The van der Waals surface area contributed by atoms with E-state index in [4.69, 9.17) is 4.74 Å². The fourth-order valence-corrected chi connectivity index (χ4v) is 4.14. The summed E-state index contributed by atoms with van der Waals surface area (Å²) in [5, 5.41) is 11.5. The van der Waals surface area contributed by atoms with Crippen molar-refractivity contribution in [3.63, 3.8) is 0 Å². The first kappa shape index (κ1) is 14.3. The van der Waals surface area contributed by atoms with Crippen LogP contribution in [0.4, 0.5) is 0 Å². The van der Waals surface area contributed by atoms with Gasteiger partial charge in [-0.3, -0.25) is 10.1 Å². The molecule has 0 aromatic carbocycles. The summed E-state index contributed by atoms with van der Waals surface area (Å²) in [6.07, 6.45) is 4.54. The molecule has 7 heteroatoms. The average molecular weight is 313 g/mol. The number of thioether (sulfide) groups is 1. The molecule has 0 amide bonds. The number of nitrogens with one attached hydrogen (secondary N) is 1. The molecule has 3 rings (SSSR count). The highest BCUT2D eigenvalue weighted by Crippen LogP contribution is 2.44. The number of ether oxygens (including phenoxy) is 1. The van der Waals surface area contributed by atoms with Crippen molar-refractivity contribution in [3.05, 3.63) is 5.51 Å². The number of carbonyl (C=O) groups excluding carboxylic acids is 1.